The molecular formula is C21H23N3O3. The van der Waals surface area contributed by atoms with Crippen molar-refractivity contribution in [3.8, 4) is 5.75 Å². The van der Waals surface area contributed by atoms with Gasteiger partial charge in [0.25, 0.3) is 0 Å². The zero-order valence-electron chi connectivity index (χ0n) is 15.4. The highest BCUT2D eigenvalue weighted by atomic mass is 16.5. The number of nitrogens with zero attached hydrogens (tertiary/aromatic N) is 2. The Morgan fingerprint density at radius 2 is 2.11 bits per heavy atom. The number of amides is 1. The van der Waals surface area contributed by atoms with Gasteiger partial charge >= 0.3 is 0 Å². The van der Waals surface area contributed by atoms with Crippen molar-refractivity contribution in [2.45, 2.75) is 26.3 Å². The van der Waals surface area contributed by atoms with E-state index in [0.717, 1.165) is 22.2 Å². The molecular weight excluding hydrogens is 342 g/mol. The van der Waals surface area contributed by atoms with Gasteiger partial charge in [-0.1, -0.05) is 6.07 Å². The molecule has 2 aromatic heterocycles. The average Bonchev–Trinajstić information content (AvgIpc) is 2.70. The molecule has 0 unspecified atom stereocenters. The zero-order valence-corrected chi connectivity index (χ0v) is 15.4. The summed E-state index contributed by atoms with van der Waals surface area (Å²) in [6, 6.07) is 12.6. The van der Waals surface area contributed by atoms with E-state index >= 15 is 0 Å². The summed E-state index contributed by atoms with van der Waals surface area (Å²) in [4.78, 5) is 32.4. The number of aromatic nitrogens is 2. The Labute approximate surface area is 157 Å². The molecule has 6 heteroatoms. The number of H-pyrrole nitrogens is 1. The number of rotatable bonds is 8. The van der Waals surface area contributed by atoms with E-state index in [1.165, 1.54) is 6.07 Å². The van der Waals surface area contributed by atoms with Gasteiger partial charge in [0.1, 0.15) is 5.75 Å². The topological polar surface area (TPSA) is 75.3 Å². The first-order valence-corrected chi connectivity index (χ1v) is 9.08. The minimum atomic E-state index is -0.124. The summed E-state index contributed by atoms with van der Waals surface area (Å²) in [6.45, 7) is 3.68. The van der Waals surface area contributed by atoms with Gasteiger partial charge < -0.3 is 14.6 Å². The number of benzene rings is 1. The van der Waals surface area contributed by atoms with Gasteiger partial charge in [-0.05, 0) is 49.2 Å². The van der Waals surface area contributed by atoms with Crippen molar-refractivity contribution in [1.82, 2.24) is 14.9 Å². The van der Waals surface area contributed by atoms with Crippen molar-refractivity contribution < 1.29 is 9.53 Å². The normalized spacial score (nSPS) is 10.7. The SMILES string of the molecule is CCN(Cc1cccnc1)C(=O)CCCOc1ccc2[nH]c(=O)ccc2c1. The molecule has 0 saturated heterocycles. The van der Waals surface area contributed by atoms with Crippen LogP contribution in [0.3, 0.4) is 0 Å². The predicted molar refractivity (Wildman–Crippen MR) is 105 cm³/mol. The fourth-order valence-corrected chi connectivity index (χ4v) is 2.88. The fraction of sp³-hybridized carbons (Fsp3) is 0.286. The molecule has 0 fully saturated rings. The van der Waals surface area contributed by atoms with E-state index in [1.807, 2.05) is 42.2 Å². The van der Waals surface area contributed by atoms with Crippen LogP contribution >= 0.6 is 0 Å². The minimum absolute atomic E-state index is 0.112. The van der Waals surface area contributed by atoms with Gasteiger partial charge in [0.15, 0.2) is 0 Å². The van der Waals surface area contributed by atoms with Crippen LogP contribution in [-0.2, 0) is 11.3 Å². The first-order chi connectivity index (χ1) is 13.2. The number of aromatic amines is 1. The monoisotopic (exact) mass is 365 g/mol. The van der Waals surface area contributed by atoms with Gasteiger partial charge in [0.2, 0.25) is 11.5 Å². The maximum atomic E-state index is 12.4. The number of fused-ring (bicyclic) bond motifs is 1. The molecule has 0 aliphatic heterocycles. The van der Waals surface area contributed by atoms with Gasteiger partial charge in [0.05, 0.1) is 6.61 Å². The summed E-state index contributed by atoms with van der Waals surface area (Å²) in [5.74, 6) is 0.839. The summed E-state index contributed by atoms with van der Waals surface area (Å²) >= 11 is 0. The third-order valence-electron chi connectivity index (χ3n) is 4.33. The Morgan fingerprint density at radius 1 is 1.22 bits per heavy atom. The molecule has 3 rings (SSSR count). The van der Waals surface area contributed by atoms with E-state index in [9.17, 15) is 9.59 Å². The van der Waals surface area contributed by atoms with Gasteiger partial charge in [-0.25, -0.2) is 0 Å². The average molecular weight is 365 g/mol. The third kappa shape index (κ3) is 5.17. The Morgan fingerprint density at radius 3 is 2.89 bits per heavy atom. The molecule has 3 aromatic rings. The predicted octanol–water partition coefficient (Wildman–Crippen LogP) is 3.13. The van der Waals surface area contributed by atoms with Crippen molar-refractivity contribution in [2.24, 2.45) is 0 Å². The van der Waals surface area contributed by atoms with Crippen molar-refractivity contribution >= 4 is 16.8 Å². The Balaban J connectivity index is 1.48. The lowest BCUT2D eigenvalue weighted by molar-refractivity contribution is -0.131. The molecule has 2 heterocycles. The molecule has 1 N–H and O–H groups in total. The van der Waals surface area contributed by atoms with Crippen LogP contribution in [0.15, 0.2) is 59.7 Å². The molecule has 27 heavy (non-hydrogen) atoms. The van der Waals surface area contributed by atoms with Crippen LogP contribution in [-0.4, -0.2) is 33.9 Å². The first-order valence-electron chi connectivity index (χ1n) is 9.08. The van der Waals surface area contributed by atoms with E-state index in [0.29, 0.717) is 32.5 Å². The zero-order chi connectivity index (χ0) is 19.1. The number of pyridine rings is 2. The Hall–Kier alpha value is -3.15. The number of nitrogens with one attached hydrogen (secondary N) is 1. The second kappa shape index (κ2) is 8.98. The quantitative estimate of drug-likeness (QED) is 0.622. The van der Waals surface area contributed by atoms with E-state index in [-0.39, 0.29) is 11.5 Å². The summed E-state index contributed by atoms with van der Waals surface area (Å²) in [7, 11) is 0. The van der Waals surface area contributed by atoms with Gasteiger partial charge in [0, 0.05) is 48.9 Å². The lowest BCUT2D eigenvalue weighted by atomic mass is 10.2. The van der Waals surface area contributed by atoms with Crippen LogP contribution in [0, 0.1) is 0 Å². The van der Waals surface area contributed by atoms with Crippen LogP contribution in [0.1, 0.15) is 25.3 Å². The van der Waals surface area contributed by atoms with Gasteiger partial charge in [-0.3, -0.25) is 14.6 Å². The summed E-state index contributed by atoms with van der Waals surface area (Å²) < 4.78 is 5.75. The number of carbonyl (C=O) groups excluding carboxylic acids is 1. The lowest BCUT2D eigenvalue weighted by Crippen LogP contribution is -2.30. The minimum Gasteiger partial charge on any atom is -0.494 e. The molecule has 6 nitrogen and oxygen atoms in total. The van der Waals surface area contributed by atoms with E-state index in [4.69, 9.17) is 4.74 Å². The molecule has 1 amide bonds. The second-order valence-corrected chi connectivity index (χ2v) is 6.29. The third-order valence-corrected chi connectivity index (χ3v) is 4.33. The number of ether oxygens (including phenoxy) is 1. The molecule has 140 valence electrons. The van der Waals surface area contributed by atoms with Gasteiger partial charge in [-0.15, -0.1) is 0 Å². The highest BCUT2D eigenvalue weighted by Gasteiger charge is 2.12. The van der Waals surface area contributed by atoms with Crippen LogP contribution < -0.4 is 10.3 Å². The number of carbonyl (C=O) groups is 1. The van der Waals surface area contributed by atoms with E-state index in [1.54, 1.807) is 18.5 Å². The van der Waals surface area contributed by atoms with Crippen LogP contribution in [0.2, 0.25) is 0 Å². The number of hydrogen-bond donors (Lipinski definition) is 1. The Bertz CT molecular complexity index is 954. The summed E-state index contributed by atoms with van der Waals surface area (Å²) in [5.41, 5.74) is 1.68. The standard InChI is InChI=1S/C21H23N3O3/c1-2-24(15-16-5-3-11-22-14-16)21(26)6-4-12-27-18-8-9-19-17(13-18)7-10-20(25)23-19/h3,5,7-11,13-14H,2,4,6,12,15H2,1H3,(H,23,25). The summed E-state index contributed by atoms with van der Waals surface area (Å²) in [5, 5.41) is 0.914. The van der Waals surface area contributed by atoms with E-state index in [2.05, 4.69) is 9.97 Å². The smallest absolute Gasteiger partial charge is 0.248 e. The highest BCUT2D eigenvalue weighted by Crippen LogP contribution is 2.18. The molecule has 0 saturated carbocycles. The molecule has 0 aliphatic carbocycles. The molecule has 0 spiro atoms. The molecule has 0 bridgehead atoms. The van der Waals surface area contributed by atoms with Crippen molar-refractivity contribution in [1.29, 1.82) is 0 Å². The van der Waals surface area contributed by atoms with Crippen LogP contribution in [0.4, 0.5) is 0 Å². The molecule has 0 radical (unpaired) electrons. The highest BCUT2D eigenvalue weighted by molar-refractivity contribution is 5.79. The van der Waals surface area contributed by atoms with Crippen LogP contribution in [0.25, 0.3) is 10.9 Å². The molecule has 0 atom stereocenters. The lowest BCUT2D eigenvalue weighted by Gasteiger charge is -2.21. The second-order valence-electron chi connectivity index (χ2n) is 6.29. The maximum Gasteiger partial charge on any atom is 0.248 e. The van der Waals surface area contributed by atoms with Crippen molar-refractivity contribution in [3.63, 3.8) is 0 Å². The van der Waals surface area contributed by atoms with Crippen molar-refractivity contribution in [2.75, 3.05) is 13.2 Å². The summed E-state index contributed by atoms with van der Waals surface area (Å²) in [6.07, 6.45) is 4.59. The largest absolute Gasteiger partial charge is 0.494 e. The number of hydrogen-bond acceptors (Lipinski definition) is 4. The van der Waals surface area contributed by atoms with Crippen LogP contribution in [0.5, 0.6) is 5.75 Å². The van der Waals surface area contributed by atoms with Crippen molar-refractivity contribution in [3.05, 3.63) is 70.8 Å². The Kier molecular flexibility index (Phi) is 6.20. The van der Waals surface area contributed by atoms with E-state index < -0.39 is 0 Å². The maximum absolute atomic E-state index is 12.4. The fourth-order valence-electron chi connectivity index (χ4n) is 2.88. The first kappa shape index (κ1) is 18.6. The van der Waals surface area contributed by atoms with Gasteiger partial charge in [-0.2, -0.15) is 0 Å². The molecule has 1 aromatic carbocycles. The molecule has 0 aliphatic rings.